The molecular formula is C20H21N3OS. The zero-order valence-electron chi connectivity index (χ0n) is 14.2. The van der Waals surface area contributed by atoms with E-state index >= 15 is 0 Å². The lowest BCUT2D eigenvalue weighted by atomic mass is 10.2. The van der Waals surface area contributed by atoms with Gasteiger partial charge in [-0.05, 0) is 17.5 Å². The molecule has 2 aromatic rings. The van der Waals surface area contributed by atoms with Gasteiger partial charge >= 0.3 is 0 Å². The highest BCUT2D eigenvalue weighted by molar-refractivity contribution is 8.15. The molecule has 0 spiro atoms. The van der Waals surface area contributed by atoms with Crippen molar-refractivity contribution in [1.82, 2.24) is 4.90 Å². The van der Waals surface area contributed by atoms with Crippen LogP contribution in [0.1, 0.15) is 30.9 Å². The number of amidine groups is 1. The Balaban J connectivity index is 1.79. The molecule has 0 aliphatic carbocycles. The monoisotopic (exact) mass is 351 g/mol. The number of benzene rings is 2. The van der Waals surface area contributed by atoms with Gasteiger partial charge in [0.05, 0.1) is 18.0 Å². The second-order valence-corrected chi connectivity index (χ2v) is 7.01. The van der Waals surface area contributed by atoms with Gasteiger partial charge in [0.15, 0.2) is 5.17 Å². The Hall–Kier alpha value is -2.40. The molecule has 0 bridgehead atoms. The maximum absolute atomic E-state index is 12.7. The first-order chi connectivity index (χ1) is 12.3. The third-order valence-electron chi connectivity index (χ3n) is 3.90. The summed E-state index contributed by atoms with van der Waals surface area (Å²) in [6.45, 7) is 2.63. The van der Waals surface area contributed by atoms with E-state index in [0.717, 1.165) is 24.0 Å². The summed E-state index contributed by atoms with van der Waals surface area (Å²) in [5.74, 6) is 0.129. The molecule has 1 heterocycles. The molecule has 0 aromatic heterocycles. The predicted molar refractivity (Wildman–Crippen MR) is 105 cm³/mol. The Labute approximate surface area is 152 Å². The third-order valence-corrected chi connectivity index (χ3v) is 5.14. The zero-order chi connectivity index (χ0) is 17.5. The smallest absolute Gasteiger partial charge is 0.242 e. The molecular weight excluding hydrogens is 330 g/mol. The van der Waals surface area contributed by atoms with Crippen LogP contribution in [0, 0.1) is 0 Å². The minimum Gasteiger partial charge on any atom is -0.284 e. The number of carbonyl (C=O) groups excluding carboxylic acids is 1. The molecule has 0 N–H and O–H groups in total. The summed E-state index contributed by atoms with van der Waals surface area (Å²) < 4.78 is 0. The molecule has 1 saturated heterocycles. The van der Waals surface area contributed by atoms with Crippen molar-refractivity contribution in [3.8, 4) is 0 Å². The number of thioether (sulfide) groups is 1. The summed E-state index contributed by atoms with van der Waals surface area (Å²) in [7, 11) is 0. The van der Waals surface area contributed by atoms with Crippen LogP contribution in [-0.4, -0.2) is 27.4 Å². The summed E-state index contributed by atoms with van der Waals surface area (Å²) in [4.78, 5) is 14.5. The van der Waals surface area contributed by atoms with Crippen LogP contribution in [0.4, 0.5) is 0 Å². The predicted octanol–water partition coefficient (Wildman–Crippen LogP) is 4.32. The van der Waals surface area contributed by atoms with Crippen LogP contribution in [0.25, 0.3) is 0 Å². The van der Waals surface area contributed by atoms with Crippen molar-refractivity contribution < 1.29 is 4.79 Å². The summed E-state index contributed by atoms with van der Waals surface area (Å²) in [6.07, 6.45) is 3.55. The molecule has 0 saturated carbocycles. The van der Waals surface area contributed by atoms with Gasteiger partial charge in [0.1, 0.15) is 0 Å². The molecule has 128 valence electrons. The Morgan fingerprint density at radius 1 is 1.08 bits per heavy atom. The van der Waals surface area contributed by atoms with E-state index in [1.807, 2.05) is 60.7 Å². The molecule has 1 aliphatic rings. The maximum atomic E-state index is 12.7. The van der Waals surface area contributed by atoms with E-state index in [1.165, 1.54) is 11.8 Å². The molecule has 3 rings (SSSR count). The second-order valence-electron chi connectivity index (χ2n) is 5.84. The quantitative estimate of drug-likeness (QED) is 0.575. The van der Waals surface area contributed by atoms with Gasteiger partial charge in [-0.3, -0.25) is 9.69 Å². The minimum absolute atomic E-state index is 0.0561. The third kappa shape index (κ3) is 4.57. The van der Waals surface area contributed by atoms with Gasteiger partial charge < -0.3 is 0 Å². The molecule has 1 fully saturated rings. The van der Waals surface area contributed by atoms with Crippen LogP contribution < -0.4 is 0 Å². The van der Waals surface area contributed by atoms with Crippen molar-refractivity contribution in [3.63, 3.8) is 0 Å². The van der Waals surface area contributed by atoms with Crippen LogP contribution >= 0.6 is 11.8 Å². The number of carbonyl (C=O) groups is 1. The summed E-state index contributed by atoms with van der Waals surface area (Å²) in [6, 6.07) is 19.8. The Morgan fingerprint density at radius 2 is 1.76 bits per heavy atom. The van der Waals surface area contributed by atoms with Crippen LogP contribution in [0.15, 0.2) is 70.9 Å². The van der Waals surface area contributed by atoms with E-state index in [0.29, 0.717) is 11.7 Å². The van der Waals surface area contributed by atoms with Gasteiger partial charge in [-0.25, -0.2) is 0 Å². The topological polar surface area (TPSA) is 45.0 Å². The molecule has 5 heteroatoms. The molecule has 1 atom stereocenters. The van der Waals surface area contributed by atoms with E-state index in [1.54, 1.807) is 11.1 Å². The molecule has 25 heavy (non-hydrogen) atoms. The molecule has 2 aromatic carbocycles. The summed E-state index contributed by atoms with van der Waals surface area (Å²) in [5, 5.41) is 9.15. The molecule has 4 nitrogen and oxygen atoms in total. The molecule has 0 unspecified atom stereocenters. The number of rotatable bonds is 6. The molecule has 0 radical (unpaired) electrons. The zero-order valence-corrected chi connectivity index (χ0v) is 15.0. The molecule has 1 amide bonds. The summed E-state index contributed by atoms with van der Waals surface area (Å²) in [5.41, 5.74) is 2.08. The van der Waals surface area contributed by atoms with Gasteiger partial charge in [-0.1, -0.05) is 85.8 Å². The highest BCUT2D eigenvalue weighted by Gasteiger charge is 2.37. The van der Waals surface area contributed by atoms with E-state index in [4.69, 9.17) is 0 Å². The van der Waals surface area contributed by atoms with Crippen LogP contribution in [0.2, 0.25) is 0 Å². The largest absolute Gasteiger partial charge is 0.284 e. The average molecular weight is 351 g/mol. The fraction of sp³-hybridized carbons (Fsp3) is 0.250. The van der Waals surface area contributed by atoms with E-state index < -0.39 is 0 Å². The van der Waals surface area contributed by atoms with Crippen LogP contribution in [0.3, 0.4) is 0 Å². The van der Waals surface area contributed by atoms with Crippen molar-refractivity contribution in [2.45, 2.75) is 31.6 Å². The Bertz CT molecular complexity index is 759. The van der Waals surface area contributed by atoms with Crippen molar-refractivity contribution in [2.75, 3.05) is 0 Å². The Kier molecular flexibility index (Phi) is 6.01. The first-order valence-electron chi connectivity index (χ1n) is 8.46. The van der Waals surface area contributed by atoms with Gasteiger partial charge in [-0.2, -0.15) is 5.10 Å². The number of nitrogens with zero attached hydrogens (tertiary/aromatic N) is 3. The van der Waals surface area contributed by atoms with E-state index in [2.05, 4.69) is 17.1 Å². The fourth-order valence-corrected chi connectivity index (χ4v) is 3.84. The van der Waals surface area contributed by atoms with Crippen molar-refractivity contribution in [3.05, 3.63) is 71.8 Å². The molecule has 1 aliphatic heterocycles. The van der Waals surface area contributed by atoms with Crippen molar-refractivity contribution in [2.24, 2.45) is 10.2 Å². The lowest BCUT2D eigenvalue weighted by Crippen LogP contribution is -2.31. The SMILES string of the molecule is CCC[C@@H]1S/C(=N/N=C\c2ccccc2)N(Cc2ccccc2)C1=O. The summed E-state index contributed by atoms with van der Waals surface area (Å²) >= 11 is 1.52. The van der Waals surface area contributed by atoms with Crippen molar-refractivity contribution in [1.29, 1.82) is 0 Å². The van der Waals surface area contributed by atoms with Gasteiger partial charge in [0.2, 0.25) is 5.91 Å². The first-order valence-corrected chi connectivity index (χ1v) is 9.34. The standard InChI is InChI=1S/C20H21N3OS/c1-2-9-18-19(24)23(15-17-12-7-4-8-13-17)20(25-18)22-21-14-16-10-5-3-6-11-16/h3-8,10-14,18H,2,9,15H2,1H3/b21-14-,22-20+/t18-/m0/s1. The fourth-order valence-electron chi connectivity index (χ4n) is 2.63. The first kappa shape index (κ1) is 17.4. The van der Waals surface area contributed by atoms with Crippen LogP contribution in [0.5, 0.6) is 0 Å². The lowest BCUT2D eigenvalue weighted by Gasteiger charge is -2.15. The normalized spacial score (nSPS) is 19.2. The second kappa shape index (κ2) is 8.62. The van der Waals surface area contributed by atoms with E-state index in [9.17, 15) is 4.79 Å². The maximum Gasteiger partial charge on any atom is 0.242 e. The van der Waals surface area contributed by atoms with E-state index in [-0.39, 0.29) is 11.2 Å². The number of hydrogen-bond donors (Lipinski definition) is 0. The van der Waals surface area contributed by atoms with Gasteiger partial charge in [0.25, 0.3) is 0 Å². The average Bonchev–Trinajstić information content (AvgIpc) is 2.93. The highest BCUT2D eigenvalue weighted by atomic mass is 32.2. The lowest BCUT2D eigenvalue weighted by molar-refractivity contribution is -0.126. The number of hydrogen-bond acceptors (Lipinski definition) is 4. The highest BCUT2D eigenvalue weighted by Crippen LogP contribution is 2.31. The Morgan fingerprint density at radius 3 is 2.44 bits per heavy atom. The van der Waals surface area contributed by atoms with Gasteiger partial charge in [0, 0.05) is 0 Å². The number of amides is 1. The minimum atomic E-state index is -0.0561. The van der Waals surface area contributed by atoms with Crippen molar-refractivity contribution >= 4 is 29.1 Å². The van der Waals surface area contributed by atoms with Gasteiger partial charge in [-0.15, -0.1) is 5.10 Å². The van der Waals surface area contributed by atoms with Crippen LogP contribution in [-0.2, 0) is 11.3 Å².